The third kappa shape index (κ3) is 5.57. The molecule has 0 atom stereocenters. The lowest BCUT2D eigenvalue weighted by Gasteiger charge is -2.13. The van der Waals surface area contributed by atoms with Gasteiger partial charge in [-0.25, -0.2) is 9.18 Å². The number of rotatable bonds is 9. The number of hydrogen-bond donors (Lipinski definition) is 0. The van der Waals surface area contributed by atoms with Crippen LogP contribution in [-0.2, 0) is 9.47 Å². The molecule has 2 rings (SSSR count). The Labute approximate surface area is 147 Å². The van der Waals surface area contributed by atoms with Gasteiger partial charge in [0.05, 0.1) is 19.3 Å². The topological polar surface area (TPSA) is 44.8 Å². The van der Waals surface area contributed by atoms with Crippen LogP contribution >= 0.6 is 0 Å². The molecule has 0 radical (unpaired) electrons. The van der Waals surface area contributed by atoms with Gasteiger partial charge in [-0.3, -0.25) is 0 Å². The maximum absolute atomic E-state index is 13.2. The summed E-state index contributed by atoms with van der Waals surface area (Å²) in [6, 6.07) is 11.1. The molecule has 0 spiro atoms. The van der Waals surface area contributed by atoms with E-state index in [9.17, 15) is 9.18 Å². The van der Waals surface area contributed by atoms with Crippen molar-refractivity contribution in [3.8, 4) is 16.9 Å². The lowest BCUT2D eigenvalue weighted by atomic mass is 10.0. The summed E-state index contributed by atoms with van der Waals surface area (Å²) in [5.74, 6) is -0.143. The van der Waals surface area contributed by atoms with Crippen LogP contribution in [-0.4, -0.2) is 32.9 Å². The molecule has 0 amide bonds. The Morgan fingerprint density at radius 2 is 1.80 bits per heavy atom. The molecule has 0 heterocycles. The average Bonchev–Trinajstić information content (AvgIpc) is 2.64. The van der Waals surface area contributed by atoms with Crippen molar-refractivity contribution in [1.29, 1.82) is 0 Å². The van der Waals surface area contributed by atoms with E-state index in [0.29, 0.717) is 36.7 Å². The number of unbranched alkanes of at least 4 members (excludes halogenated alkanes) is 1. The van der Waals surface area contributed by atoms with E-state index in [1.54, 1.807) is 30.3 Å². The highest BCUT2D eigenvalue weighted by Gasteiger charge is 2.12. The highest BCUT2D eigenvalue weighted by atomic mass is 19.1. The van der Waals surface area contributed by atoms with Gasteiger partial charge in [-0.05, 0) is 42.3 Å². The fourth-order valence-electron chi connectivity index (χ4n) is 2.31. The van der Waals surface area contributed by atoms with Crippen LogP contribution in [0.4, 0.5) is 4.39 Å². The van der Waals surface area contributed by atoms with Crippen molar-refractivity contribution in [1.82, 2.24) is 0 Å². The summed E-state index contributed by atoms with van der Waals surface area (Å²) in [5.41, 5.74) is 1.87. The molecular formula is C20H23FO4. The Morgan fingerprint density at radius 1 is 1.04 bits per heavy atom. The molecule has 0 fully saturated rings. The molecule has 0 aromatic heterocycles. The van der Waals surface area contributed by atoms with Crippen LogP contribution in [0.25, 0.3) is 11.1 Å². The summed E-state index contributed by atoms with van der Waals surface area (Å²) in [6.45, 7) is 3.71. The van der Waals surface area contributed by atoms with Crippen molar-refractivity contribution in [3.05, 3.63) is 53.8 Å². The minimum atomic E-state index is -0.433. The van der Waals surface area contributed by atoms with Crippen LogP contribution < -0.4 is 4.74 Å². The predicted octanol–water partition coefficient (Wildman–Crippen LogP) is 4.47. The third-order valence-electron chi connectivity index (χ3n) is 3.68. The van der Waals surface area contributed by atoms with E-state index in [1.165, 1.54) is 19.2 Å². The van der Waals surface area contributed by atoms with Crippen molar-refractivity contribution in [2.24, 2.45) is 0 Å². The lowest BCUT2D eigenvalue weighted by Crippen LogP contribution is -2.09. The molecule has 4 nitrogen and oxygen atoms in total. The number of benzene rings is 2. The standard InChI is InChI=1S/C20H23FO4/c1-3-4-11-24-12-13-25-19-10-7-16(20(22)23-2)14-18(19)15-5-8-17(21)9-6-15/h5-10,14H,3-4,11-13H2,1-2H3. The third-order valence-corrected chi connectivity index (χ3v) is 3.68. The number of hydrogen-bond acceptors (Lipinski definition) is 4. The Hall–Kier alpha value is -2.40. The second-order valence-corrected chi connectivity index (χ2v) is 5.52. The fourth-order valence-corrected chi connectivity index (χ4v) is 2.31. The van der Waals surface area contributed by atoms with Gasteiger partial charge < -0.3 is 14.2 Å². The van der Waals surface area contributed by atoms with E-state index in [-0.39, 0.29) is 5.82 Å². The van der Waals surface area contributed by atoms with Gasteiger partial charge in [-0.1, -0.05) is 25.5 Å². The number of esters is 1. The van der Waals surface area contributed by atoms with Gasteiger partial charge in [0.25, 0.3) is 0 Å². The summed E-state index contributed by atoms with van der Waals surface area (Å²) in [6.07, 6.45) is 2.11. The first-order valence-electron chi connectivity index (χ1n) is 8.34. The predicted molar refractivity (Wildman–Crippen MR) is 94.4 cm³/mol. The van der Waals surface area contributed by atoms with E-state index in [1.807, 2.05) is 0 Å². The SMILES string of the molecule is CCCCOCCOc1ccc(C(=O)OC)cc1-c1ccc(F)cc1. The Bertz CT molecular complexity index is 683. The molecular weight excluding hydrogens is 323 g/mol. The molecule has 5 heteroatoms. The summed E-state index contributed by atoms with van der Waals surface area (Å²) in [4.78, 5) is 11.8. The number of carbonyl (C=O) groups is 1. The summed E-state index contributed by atoms with van der Waals surface area (Å²) in [5, 5.41) is 0. The van der Waals surface area contributed by atoms with Gasteiger partial charge in [0.15, 0.2) is 0 Å². The molecule has 0 aliphatic heterocycles. The second-order valence-electron chi connectivity index (χ2n) is 5.52. The zero-order chi connectivity index (χ0) is 18.1. The molecule has 0 aliphatic carbocycles. The van der Waals surface area contributed by atoms with Gasteiger partial charge in [0.2, 0.25) is 0 Å². The molecule has 0 saturated heterocycles. The monoisotopic (exact) mass is 346 g/mol. The van der Waals surface area contributed by atoms with Gasteiger partial charge in [0.1, 0.15) is 18.2 Å². The van der Waals surface area contributed by atoms with Crippen molar-refractivity contribution >= 4 is 5.97 Å². The number of halogens is 1. The molecule has 0 bridgehead atoms. The van der Waals surface area contributed by atoms with E-state index in [4.69, 9.17) is 14.2 Å². The van der Waals surface area contributed by atoms with Crippen molar-refractivity contribution in [2.45, 2.75) is 19.8 Å². The molecule has 0 saturated carbocycles. The lowest BCUT2D eigenvalue weighted by molar-refractivity contribution is 0.0600. The van der Waals surface area contributed by atoms with E-state index < -0.39 is 5.97 Å². The largest absolute Gasteiger partial charge is 0.491 e. The zero-order valence-electron chi connectivity index (χ0n) is 14.6. The fraction of sp³-hybridized carbons (Fsp3) is 0.350. The highest BCUT2D eigenvalue weighted by Crippen LogP contribution is 2.31. The van der Waals surface area contributed by atoms with Gasteiger partial charge in [0, 0.05) is 12.2 Å². The molecule has 0 unspecified atom stereocenters. The van der Waals surface area contributed by atoms with E-state index >= 15 is 0 Å². The maximum atomic E-state index is 13.2. The van der Waals surface area contributed by atoms with Crippen LogP contribution in [0.15, 0.2) is 42.5 Å². The molecule has 134 valence electrons. The van der Waals surface area contributed by atoms with Crippen LogP contribution in [0.3, 0.4) is 0 Å². The van der Waals surface area contributed by atoms with Crippen molar-refractivity contribution < 1.29 is 23.4 Å². The summed E-state index contributed by atoms with van der Waals surface area (Å²) >= 11 is 0. The smallest absolute Gasteiger partial charge is 0.337 e. The zero-order valence-corrected chi connectivity index (χ0v) is 14.6. The quantitative estimate of drug-likeness (QED) is 0.496. The first-order chi connectivity index (χ1) is 12.2. The molecule has 0 aliphatic rings. The number of methoxy groups -OCH3 is 1. The van der Waals surface area contributed by atoms with Crippen LogP contribution in [0.5, 0.6) is 5.75 Å². The van der Waals surface area contributed by atoms with Gasteiger partial charge in [-0.2, -0.15) is 0 Å². The maximum Gasteiger partial charge on any atom is 0.337 e. The number of ether oxygens (including phenoxy) is 3. The Kier molecular flexibility index (Phi) is 7.41. The Morgan fingerprint density at radius 3 is 2.48 bits per heavy atom. The Balaban J connectivity index is 2.16. The van der Waals surface area contributed by atoms with Crippen LogP contribution in [0.2, 0.25) is 0 Å². The summed E-state index contributed by atoms with van der Waals surface area (Å²) < 4.78 is 29.2. The van der Waals surface area contributed by atoms with E-state index in [2.05, 4.69) is 6.92 Å². The minimum Gasteiger partial charge on any atom is -0.491 e. The molecule has 2 aromatic carbocycles. The first-order valence-corrected chi connectivity index (χ1v) is 8.34. The second kappa shape index (κ2) is 9.79. The average molecular weight is 346 g/mol. The van der Waals surface area contributed by atoms with Crippen molar-refractivity contribution in [3.63, 3.8) is 0 Å². The molecule has 2 aromatic rings. The summed E-state index contributed by atoms with van der Waals surface area (Å²) in [7, 11) is 1.33. The minimum absolute atomic E-state index is 0.320. The molecule has 0 N–H and O–H groups in total. The van der Waals surface area contributed by atoms with Crippen LogP contribution in [0.1, 0.15) is 30.1 Å². The van der Waals surface area contributed by atoms with Gasteiger partial charge in [-0.15, -0.1) is 0 Å². The van der Waals surface area contributed by atoms with Crippen molar-refractivity contribution in [2.75, 3.05) is 26.9 Å². The highest BCUT2D eigenvalue weighted by molar-refractivity contribution is 5.92. The normalized spacial score (nSPS) is 10.5. The first kappa shape index (κ1) is 18.9. The van der Waals surface area contributed by atoms with E-state index in [0.717, 1.165) is 18.4 Å². The molecule has 25 heavy (non-hydrogen) atoms. The van der Waals surface area contributed by atoms with Crippen LogP contribution in [0, 0.1) is 5.82 Å². The number of carbonyl (C=O) groups excluding carboxylic acids is 1. The van der Waals surface area contributed by atoms with Gasteiger partial charge >= 0.3 is 5.97 Å².